The minimum Gasteiger partial charge on any atom is -0.497 e. The van der Waals surface area contributed by atoms with Crippen LogP contribution in [0.5, 0.6) is 5.75 Å². The van der Waals surface area contributed by atoms with Gasteiger partial charge in [0.05, 0.1) is 26.5 Å². The molecule has 19 heavy (non-hydrogen) atoms. The fourth-order valence-electron chi connectivity index (χ4n) is 1.39. The highest BCUT2D eigenvalue weighted by Crippen LogP contribution is 2.21. The Morgan fingerprint density at radius 3 is 2.84 bits per heavy atom. The smallest absolute Gasteiger partial charge is 0.315 e. The van der Waals surface area contributed by atoms with Crippen LogP contribution in [0.15, 0.2) is 18.2 Å². The largest absolute Gasteiger partial charge is 0.497 e. The summed E-state index contributed by atoms with van der Waals surface area (Å²) in [6, 6.07) is 5.68. The Kier molecular flexibility index (Phi) is 6.86. The van der Waals surface area contributed by atoms with E-state index in [1.54, 1.807) is 7.11 Å². The average molecular weight is 279 g/mol. The van der Waals surface area contributed by atoms with Crippen molar-refractivity contribution in [1.82, 2.24) is 0 Å². The molecule has 102 valence electrons. The van der Waals surface area contributed by atoms with Crippen molar-refractivity contribution in [3.8, 4) is 17.6 Å². The quantitative estimate of drug-likeness (QED) is 0.652. The van der Waals surface area contributed by atoms with Gasteiger partial charge in [0.2, 0.25) is 0 Å². The van der Waals surface area contributed by atoms with E-state index >= 15 is 0 Å². The van der Waals surface area contributed by atoms with Crippen molar-refractivity contribution in [2.45, 2.75) is 5.75 Å². The lowest BCUT2D eigenvalue weighted by Gasteiger charge is -2.07. The zero-order valence-electron chi connectivity index (χ0n) is 11.1. The Morgan fingerprint density at radius 1 is 1.42 bits per heavy atom. The van der Waals surface area contributed by atoms with Crippen LogP contribution in [0.25, 0.3) is 0 Å². The number of methoxy groups -OCH3 is 2. The van der Waals surface area contributed by atoms with Crippen molar-refractivity contribution in [3.63, 3.8) is 0 Å². The van der Waals surface area contributed by atoms with Gasteiger partial charge < -0.3 is 15.2 Å². The van der Waals surface area contributed by atoms with Crippen molar-refractivity contribution >= 4 is 17.7 Å². The topological polar surface area (TPSA) is 61.5 Å². The first kappa shape index (κ1) is 15.4. The number of nitrogens with two attached hydrogens (primary N) is 1. The Bertz CT molecular complexity index is 491. The van der Waals surface area contributed by atoms with Crippen molar-refractivity contribution in [3.05, 3.63) is 29.3 Å². The molecule has 0 spiro atoms. The highest BCUT2D eigenvalue weighted by Gasteiger charge is 2.05. The number of rotatable bonds is 5. The van der Waals surface area contributed by atoms with Gasteiger partial charge in [0.1, 0.15) is 5.75 Å². The zero-order chi connectivity index (χ0) is 14.1. The fraction of sp³-hybridized carbons (Fsp3) is 0.357. The third-order valence-corrected chi connectivity index (χ3v) is 3.30. The first-order valence-electron chi connectivity index (χ1n) is 5.71. The molecule has 0 radical (unpaired) electrons. The summed E-state index contributed by atoms with van der Waals surface area (Å²) in [5.41, 5.74) is 7.30. The molecule has 0 saturated heterocycles. The predicted molar refractivity (Wildman–Crippen MR) is 77.1 cm³/mol. The van der Waals surface area contributed by atoms with E-state index in [4.69, 9.17) is 10.5 Å². The van der Waals surface area contributed by atoms with Crippen LogP contribution in [0.3, 0.4) is 0 Å². The van der Waals surface area contributed by atoms with E-state index < -0.39 is 0 Å². The normalized spacial score (nSPS) is 9.42. The Labute approximate surface area is 117 Å². The van der Waals surface area contributed by atoms with Gasteiger partial charge in [-0.2, -0.15) is 0 Å². The average Bonchev–Trinajstić information content (AvgIpc) is 2.45. The summed E-state index contributed by atoms with van der Waals surface area (Å²) in [6.07, 6.45) is 0. The fourth-order valence-corrected chi connectivity index (χ4v) is 2.23. The van der Waals surface area contributed by atoms with Gasteiger partial charge in [0.25, 0.3) is 0 Å². The second-order valence-electron chi connectivity index (χ2n) is 3.60. The molecule has 0 aliphatic carbocycles. The van der Waals surface area contributed by atoms with Crippen LogP contribution in [-0.4, -0.2) is 32.5 Å². The summed E-state index contributed by atoms with van der Waals surface area (Å²) in [5, 5.41) is 0. The lowest BCUT2D eigenvalue weighted by molar-refractivity contribution is -0.137. The SMILES string of the molecule is COC(=O)CSCc1cc(OC)ccc1C#CCN. The molecule has 0 atom stereocenters. The van der Waals surface area contributed by atoms with Crippen LogP contribution < -0.4 is 10.5 Å². The molecule has 0 aromatic heterocycles. The minimum atomic E-state index is -0.234. The standard InChI is InChI=1S/C14H17NO3S/c1-17-13-6-5-11(4-3-7-15)12(8-13)9-19-10-14(16)18-2/h5-6,8H,7,9-10,15H2,1-2H3. The number of hydrogen-bond donors (Lipinski definition) is 1. The van der Waals surface area contributed by atoms with Gasteiger partial charge in [0, 0.05) is 11.3 Å². The van der Waals surface area contributed by atoms with Crippen molar-refractivity contribution in [2.24, 2.45) is 5.73 Å². The Morgan fingerprint density at radius 2 is 2.21 bits per heavy atom. The van der Waals surface area contributed by atoms with E-state index in [2.05, 4.69) is 16.6 Å². The van der Waals surface area contributed by atoms with Crippen LogP contribution in [0.1, 0.15) is 11.1 Å². The molecule has 1 aromatic carbocycles. The lowest BCUT2D eigenvalue weighted by Crippen LogP contribution is -2.03. The highest BCUT2D eigenvalue weighted by atomic mass is 32.2. The molecule has 0 aliphatic heterocycles. The molecule has 0 fully saturated rings. The maximum atomic E-state index is 11.1. The van der Waals surface area contributed by atoms with Gasteiger partial charge in [-0.15, -0.1) is 11.8 Å². The first-order chi connectivity index (χ1) is 9.21. The molecule has 4 nitrogen and oxygen atoms in total. The molecule has 1 aromatic rings. The zero-order valence-corrected chi connectivity index (χ0v) is 11.9. The molecule has 2 N–H and O–H groups in total. The van der Waals surface area contributed by atoms with E-state index in [-0.39, 0.29) is 5.97 Å². The monoisotopic (exact) mass is 279 g/mol. The van der Waals surface area contributed by atoms with Gasteiger partial charge in [-0.05, 0) is 23.8 Å². The summed E-state index contributed by atoms with van der Waals surface area (Å²) in [4.78, 5) is 11.1. The van der Waals surface area contributed by atoms with Crippen LogP contribution >= 0.6 is 11.8 Å². The van der Waals surface area contributed by atoms with Crippen molar-refractivity contribution < 1.29 is 14.3 Å². The summed E-state index contributed by atoms with van der Waals surface area (Å²) in [6.45, 7) is 0.320. The molecule has 0 unspecified atom stereocenters. The summed E-state index contributed by atoms with van der Waals surface area (Å²) < 4.78 is 9.79. The second kappa shape index (κ2) is 8.46. The number of carbonyl (C=O) groups excluding carboxylic acids is 1. The van der Waals surface area contributed by atoms with Gasteiger partial charge in [0.15, 0.2) is 0 Å². The summed E-state index contributed by atoms with van der Waals surface area (Å²) >= 11 is 1.48. The van der Waals surface area contributed by atoms with Crippen LogP contribution in [0.4, 0.5) is 0 Å². The Balaban J connectivity index is 2.79. The van der Waals surface area contributed by atoms with E-state index in [9.17, 15) is 4.79 Å². The van der Waals surface area contributed by atoms with E-state index in [1.807, 2.05) is 18.2 Å². The van der Waals surface area contributed by atoms with E-state index in [0.717, 1.165) is 16.9 Å². The van der Waals surface area contributed by atoms with Crippen LogP contribution in [0.2, 0.25) is 0 Å². The third kappa shape index (κ3) is 5.25. The van der Waals surface area contributed by atoms with Gasteiger partial charge >= 0.3 is 5.97 Å². The minimum absolute atomic E-state index is 0.234. The lowest BCUT2D eigenvalue weighted by atomic mass is 10.1. The molecule has 5 heteroatoms. The molecule has 0 saturated carbocycles. The van der Waals surface area contributed by atoms with Gasteiger partial charge in [-0.1, -0.05) is 11.8 Å². The highest BCUT2D eigenvalue weighted by molar-refractivity contribution is 7.99. The number of thioether (sulfide) groups is 1. The predicted octanol–water partition coefficient (Wildman–Crippen LogP) is 1.41. The summed E-state index contributed by atoms with van der Waals surface area (Å²) in [5.74, 6) is 7.37. The second-order valence-corrected chi connectivity index (χ2v) is 4.58. The molecule has 0 bridgehead atoms. The number of esters is 1. The van der Waals surface area contributed by atoms with Crippen molar-refractivity contribution in [2.75, 3.05) is 26.5 Å². The van der Waals surface area contributed by atoms with E-state index in [0.29, 0.717) is 18.1 Å². The van der Waals surface area contributed by atoms with E-state index in [1.165, 1.54) is 18.9 Å². The number of benzene rings is 1. The van der Waals surface area contributed by atoms with Crippen molar-refractivity contribution in [1.29, 1.82) is 0 Å². The van der Waals surface area contributed by atoms with Gasteiger partial charge in [-0.3, -0.25) is 4.79 Å². The molecular formula is C14H17NO3S. The number of hydrogen-bond acceptors (Lipinski definition) is 5. The molecule has 0 aliphatic rings. The third-order valence-electron chi connectivity index (χ3n) is 2.34. The van der Waals surface area contributed by atoms with Gasteiger partial charge in [-0.25, -0.2) is 0 Å². The first-order valence-corrected chi connectivity index (χ1v) is 6.87. The maximum Gasteiger partial charge on any atom is 0.315 e. The maximum absolute atomic E-state index is 11.1. The number of carbonyl (C=O) groups is 1. The molecular weight excluding hydrogens is 262 g/mol. The molecule has 0 heterocycles. The molecule has 1 rings (SSSR count). The summed E-state index contributed by atoms with van der Waals surface area (Å²) in [7, 11) is 3.00. The van der Waals surface area contributed by atoms with Crippen LogP contribution in [0, 0.1) is 11.8 Å². The molecule has 0 amide bonds. The Hall–Kier alpha value is -1.64. The van der Waals surface area contributed by atoms with Crippen LogP contribution in [-0.2, 0) is 15.3 Å². The number of ether oxygens (including phenoxy) is 2.